The van der Waals surface area contributed by atoms with E-state index in [0.29, 0.717) is 16.6 Å². The van der Waals surface area contributed by atoms with Crippen LogP contribution in [0.2, 0.25) is 10.0 Å². The summed E-state index contributed by atoms with van der Waals surface area (Å²) < 4.78 is 0. The topological polar surface area (TPSA) is 37.4 Å². The summed E-state index contributed by atoms with van der Waals surface area (Å²) in [5.41, 5.74) is 0.801. The van der Waals surface area contributed by atoms with E-state index >= 15 is 0 Å². The molecule has 1 aromatic rings. The molecule has 0 N–H and O–H groups in total. The summed E-state index contributed by atoms with van der Waals surface area (Å²) in [4.78, 5) is 23.9. The molecule has 1 aromatic carbocycles. The van der Waals surface area contributed by atoms with Crippen molar-refractivity contribution in [3.05, 3.63) is 33.8 Å². The Kier molecular flexibility index (Phi) is 4.97. The largest absolute Gasteiger partial charge is 0.341 e. The SMILES string of the molecule is CC(=O)CC(=O)N(C)Cc1ccc(Cl)cc1Cl. The molecule has 0 radical (unpaired) electrons. The van der Waals surface area contributed by atoms with Gasteiger partial charge >= 0.3 is 0 Å². The molecule has 0 spiro atoms. The van der Waals surface area contributed by atoms with Crippen LogP contribution < -0.4 is 0 Å². The molecule has 0 atom stereocenters. The predicted molar refractivity (Wildman–Crippen MR) is 68.2 cm³/mol. The average Bonchev–Trinajstić information content (AvgIpc) is 2.21. The zero-order valence-electron chi connectivity index (χ0n) is 9.67. The number of amides is 1. The Hall–Kier alpha value is -1.06. The summed E-state index contributed by atoms with van der Waals surface area (Å²) in [6.07, 6.45) is -0.0816. The van der Waals surface area contributed by atoms with Gasteiger partial charge in [0.15, 0.2) is 0 Å². The Bertz CT molecular complexity index is 446. The molecule has 17 heavy (non-hydrogen) atoms. The highest BCUT2D eigenvalue weighted by molar-refractivity contribution is 6.35. The van der Waals surface area contributed by atoms with E-state index in [1.807, 2.05) is 0 Å². The lowest BCUT2D eigenvalue weighted by Crippen LogP contribution is -2.27. The number of Topliss-reactive ketones (excluding diaryl/α,β-unsaturated/α-hetero) is 1. The molecule has 3 nitrogen and oxygen atoms in total. The second kappa shape index (κ2) is 6.03. The average molecular weight is 274 g/mol. The molecule has 5 heteroatoms. The van der Waals surface area contributed by atoms with Crippen LogP contribution in [0.1, 0.15) is 18.9 Å². The van der Waals surface area contributed by atoms with Gasteiger partial charge in [-0.3, -0.25) is 9.59 Å². The number of nitrogens with zero attached hydrogens (tertiary/aromatic N) is 1. The van der Waals surface area contributed by atoms with Gasteiger partial charge in [-0.05, 0) is 24.6 Å². The lowest BCUT2D eigenvalue weighted by molar-refractivity contribution is -0.134. The molecule has 0 unspecified atom stereocenters. The van der Waals surface area contributed by atoms with E-state index < -0.39 is 0 Å². The van der Waals surface area contributed by atoms with Crippen molar-refractivity contribution >= 4 is 34.9 Å². The molecule has 0 saturated heterocycles. The fraction of sp³-hybridized carbons (Fsp3) is 0.333. The monoisotopic (exact) mass is 273 g/mol. The first-order valence-electron chi connectivity index (χ1n) is 5.07. The Balaban J connectivity index is 2.70. The van der Waals surface area contributed by atoms with Crippen molar-refractivity contribution in [3.63, 3.8) is 0 Å². The molecule has 1 rings (SSSR count). The van der Waals surface area contributed by atoms with Crippen LogP contribution in [0, 0.1) is 0 Å². The first-order chi connectivity index (χ1) is 7.90. The van der Waals surface area contributed by atoms with E-state index in [4.69, 9.17) is 23.2 Å². The van der Waals surface area contributed by atoms with E-state index in [1.165, 1.54) is 11.8 Å². The van der Waals surface area contributed by atoms with Crippen molar-refractivity contribution in [2.45, 2.75) is 19.9 Å². The molecule has 0 heterocycles. The summed E-state index contributed by atoms with van der Waals surface area (Å²) in [6, 6.07) is 5.11. The highest BCUT2D eigenvalue weighted by atomic mass is 35.5. The summed E-state index contributed by atoms with van der Waals surface area (Å²) >= 11 is 11.8. The van der Waals surface area contributed by atoms with E-state index in [0.717, 1.165) is 5.56 Å². The number of rotatable bonds is 4. The van der Waals surface area contributed by atoms with Gasteiger partial charge in [-0.1, -0.05) is 29.3 Å². The van der Waals surface area contributed by atoms with Gasteiger partial charge in [-0.15, -0.1) is 0 Å². The third kappa shape index (κ3) is 4.36. The molecular weight excluding hydrogens is 261 g/mol. The third-order valence-electron chi connectivity index (χ3n) is 2.25. The maximum atomic E-state index is 11.6. The van der Waals surface area contributed by atoms with Crippen molar-refractivity contribution in [1.82, 2.24) is 4.90 Å². The van der Waals surface area contributed by atoms with Gasteiger partial charge in [0.05, 0.1) is 6.42 Å². The molecule has 1 amide bonds. The van der Waals surface area contributed by atoms with Crippen LogP contribution in [0.25, 0.3) is 0 Å². The smallest absolute Gasteiger partial charge is 0.230 e. The maximum Gasteiger partial charge on any atom is 0.230 e. The fourth-order valence-electron chi connectivity index (χ4n) is 1.34. The predicted octanol–water partition coefficient (Wildman–Crippen LogP) is 2.93. The van der Waals surface area contributed by atoms with Gasteiger partial charge in [0, 0.05) is 23.6 Å². The lowest BCUT2D eigenvalue weighted by atomic mass is 10.2. The van der Waals surface area contributed by atoms with Crippen molar-refractivity contribution in [2.75, 3.05) is 7.05 Å². The van der Waals surface area contributed by atoms with Crippen LogP contribution in [-0.2, 0) is 16.1 Å². The number of carbonyl (C=O) groups is 2. The molecule has 92 valence electrons. The van der Waals surface area contributed by atoms with E-state index in [1.54, 1.807) is 25.2 Å². The summed E-state index contributed by atoms with van der Waals surface area (Å²) in [5, 5.41) is 1.07. The summed E-state index contributed by atoms with van der Waals surface area (Å²) in [5.74, 6) is -0.368. The number of carbonyl (C=O) groups excluding carboxylic acids is 2. The van der Waals surface area contributed by atoms with Gasteiger partial charge in [0.1, 0.15) is 5.78 Å². The van der Waals surface area contributed by atoms with E-state index in [-0.39, 0.29) is 18.1 Å². The number of halogens is 2. The third-order valence-corrected chi connectivity index (χ3v) is 2.84. The molecule has 0 bridgehead atoms. The van der Waals surface area contributed by atoms with Gasteiger partial charge in [0.2, 0.25) is 5.91 Å². The highest BCUT2D eigenvalue weighted by Gasteiger charge is 2.12. The molecule has 0 aliphatic carbocycles. The van der Waals surface area contributed by atoms with Gasteiger partial charge < -0.3 is 4.90 Å². The maximum absolute atomic E-state index is 11.6. The van der Waals surface area contributed by atoms with Crippen molar-refractivity contribution in [1.29, 1.82) is 0 Å². The van der Waals surface area contributed by atoms with Crippen molar-refractivity contribution in [2.24, 2.45) is 0 Å². The van der Waals surface area contributed by atoms with Crippen LogP contribution >= 0.6 is 23.2 Å². The second-order valence-corrected chi connectivity index (χ2v) is 4.71. The number of hydrogen-bond donors (Lipinski definition) is 0. The van der Waals surface area contributed by atoms with Crippen LogP contribution in [0.3, 0.4) is 0 Å². The van der Waals surface area contributed by atoms with Crippen molar-refractivity contribution < 1.29 is 9.59 Å². The fourth-order valence-corrected chi connectivity index (χ4v) is 1.81. The first kappa shape index (κ1) is 14.0. The van der Waals surface area contributed by atoms with E-state index in [9.17, 15) is 9.59 Å². The number of benzene rings is 1. The normalized spacial score (nSPS) is 10.1. The molecule has 0 saturated carbocycles. The zero-order chi connectivity index (χ0) is 13.0. The zero-order valence-corrected chi connectivity index (χ0v) is 11.2. The van der Waals surface area contributed by atoms with Crippen molar-refractivity contribution in [3.8, 4) is 0 Å². The molecule has 0 aromatic heterocycles. The lowest BCUT2D eigenvalue weighted by Gasteiger charge is -2.17. The Labute approximate surface area is 110 Å². The minimum Gasteiger partial charge on any atom is -0.341 e. The quantitative estimate of drug-likeness (QED) is 0.791. The standard InChI is InChI=1S/C12H13Cl2NO2/c1-8(16)5-12(17)15(2)7-9-3-4-10(13)6-11(9)14/h3-4,6H,5,7H2,1-2H3. The Morgan fingerprint density at radius 3 is 2.47 bits per heavy atom. The highest BCUT2D eigenvalue weighted by Crippen LogP contribution is 2.22. The number of ketones is 1. The Morgan fingerprint density at radius 2 is 1.94 bits per heavy atom. The number of hydrogen-bond acceptors (Lipinski definition) is 2. The Morgan fingerprint density at radius 1 is 1.29 bits per heavy atom. The second-order valence-electron chi connectivity index (χ2n) is 3.86. The van der Waals surface area contributed by atoms with Crippen LogP contribution in [-0.4, -0.2) is 23.6 Å². The molecular formula is C12H13Cl2NO2. The molecule has 0 fully saturated rings. The minimum absolute atomic E-state index is 0.0816. The van der Waals surface area contributed by atoms with Crippen LogP contribution in [0.15, 0.2) is 18.2 Å². The molecule has 0 aliphatic rings. The van der Waals surface area contributed by atoms with Gasteiger partial charge in [-0.2, -0.15) is 0 Å². The van der Waals surface area contributed by atoms with Crippen LogP contribution in [0.4, 0.5) is 0 Å². The van der Waals surface area contributed by atoms with E-state index in [2.05, 4.69) is 0 Å². The summed E-state index contributed by atoms with van der Waals surface area (Å²) in [7, 11) is 1.64. The first-order valence-corrected chi connectivity index (χ1v) is 5.83. The van der Waals surface area contributed by atoms with Crippen LogP contribution in [0.5, 0.6) is 0 Å². The van der Waals surface area contributed by atoms with Gasteiger partial charge in [-0.25, -0.2) is 0 Å². The van der Waals surface area contributed by atoms with Gasteiger partial charge in [0.25, 0.3) is 0 Å². The minimum atomic E-state index is -0.219. The summed E-state index contributed by atoms with van der Waals surface area (Å²) in [6.45, 7) is 1.75. The molecule has 0 aliphatic heterocycles.